The lowest BCUT2D eigenvalue weighted by Gasteiger charge is -2.10. The van der Waals surface area contributed by atoms with E-state index in [-0.39, 0.29) is 20.3 Å². The molecule has 0 saturated carbocycles. The zero-order valence-electron chi connectivity index (χ0n) is 13.0. The fraction of sp³-hybridized carbons (Fsp3) is 0.0769. The summed E-state index contributed by atoms with van der Waals surface area (Å²) in [5.74, 6) is -1.97. The number of carbonyl (C=O) groups is 2. The number of H-pyrrole nitrogens is 2. The Kier molecular flexibility index (Phi) is 6.12. The Bertz CT molecular complexity index is 1040. The minimum Gasteiger partial charge on any atom is -0.451 e. The Labute approximate surface area is 165 Å². The highest BCUT2D eigenvalue weighted by molar-refractivity contribution is 9.11. The summed E-state index contributed by atoms with van der Waals surface area (Å²) in [7, 11) is 0. The number of nitrogens with two attached hydrogens (primary N) is 1. The van der Waals surface area contributed by atoms with Crippen molar-refractivity contribution in [1.82, 2.24) is 9.97 Å². The molecular weight excluding hydrogens is 498 g/mol. The number of hydrogen-bond acceptors (Lipinski definition) is 8. The van der Waals surface area contributed by atoms with Crippen LogP contribution in [0.1, 0.15) is 10.5 Å². The van der Waals surface area contributed by atoms with Gasteiger partial charge in [-0.3, -0.25) is 29.7 Å². The van der Waals surface area contributed by atoms with Crippen LogP contribution in [0.15, 0.2) is 30.7 Å². The molecule has 1 amide bonds. The maximum Gasteiger partial charge on any atom is 0.357 e. The summed E-state index contributed by atoms with van der Waals surface area (Å²) in [6, 6.07) is 2.35. The molecule has 27 heavy (non-hydrogen) atoms. The van der Waals surface area contributed by atoms with Gasteiger partial charge in [-0.2, -0.15) is 0 Å². The van der Waals surface area contributed by atoms with Gasteiger partial charge in [-0.1, -0.05) is 0 Å². The average molecular weight is 507 g/mol. The smallest absolute Gasteiger partial charge is 0.357 e. The largest absolute Gasteiger partial charge is 0.451 e. The third kappa shape index (κ3) is 4.79. The lowest BCUT2D eigenvalue weighted by Crippen LogP contribution is -2.30. The van der Waals surface area contributed by atoms with Crippen molar-refractivity contribution in [2.24, 2.45) is 0 Å². The third-order valence-corrected chi connectivity index (χ3v) is 4.27. The van der Waals surface area contributed by atoms with Gasteiger partial charge in [0.2, 0.25) is 0 Å². The molecule has 5 N–H and O–H groups in total. The van der Waals surface area contributed by atoms with Crippen LogP contribution < -0.4 is 22.3 Å². The second-order valence-electron chi connectivity index (χ2n) is 4.86. The van der Waals surface area contributed by atoms with E-state index >= 15 is 0 Å². The van der Waals surface area contributed by atoms with E-state index in [2.05, 4.69) is 37.2 Å². The number of aromatic nitrogens is 2. The number of nitro groups is 1. The molecule has 142 valence electrons. The molecule has 0 bridgehead atoms. The van der Waals surface area contributed by atoms with Crippen molar-refractivity contribution in [2.45, 2.75) is 0 Å². The van der Waals surface area contributed by atoms with Crippen molar-refractivity contribution in [2.75, 3.05) is 17.7 Å². The van der Waals surface area contributed by atoms with Crippen LogP contribution >= 0.6 is 31.9 Å². The van der Waals surface area contributed by atoms with Gasteiger partial charge in [0.05, 0.1) is 10.6 Å². The number of aromatic amines is 2. The zero-order chi connectivity index (χ0) is 20.3. The first-order valence-electron chi connectivity index (χ1n) is 6.82. The molecular formula is C13H9Br2N5O7. The Hall–Kier alpha value is -3.00. The number of nitrogens with one attached hydrogen (secondary N) is 3. The highest BCUT2D eigenvalue weighted by atomic mass is 79.9. The Morgan fingerprint density at radius 1 is 1.22 bits per heavy atom. The molecule has 2 aromatic rings. The number of hydrogen-bond donors (Lipinski definition) is 4. The molecule has 0 unspecified atom stereocenters. The molecule has 0 fully saturated rings. The number of halogens is 2. The van der Waals surface area contributed by atoms with Crippen LogP contribution in [0.2, 0.25) is 0 Å². The molecule has 0 saturated heterocycles. The van der Waals surface area contributed by atoms with Gasteiger partial charge in [-0.25, -0.2) is 9.59 Å². The number of nitrogens with zero attached hydrogens (tertiary/aromatic N) is 1. The average Bonchev–Trinajstić information content (AvgIpc) is 2.58. The first-order chi connectivity index (χ1) is 12.6. The van der Waals surface area contributed by atoms with Gasteiger partial charge in [0.25, 0.3) is 17.2 Å². The van der Waals surface area contributed by atoms with Crippen LogP contribution in [0.4, 0.5) is 17.1 Å². The van der Waals surface area contributed by atoms with Crippen molar-refractivity contribution in [3.8, 4) is 0 Å². The van der Waals surface area contributed by atoms with E-state index in [4.69, 9.17) is 10.5 Å². The van der Waals surface area contributed by atoms with Gasteiger partial charge >= 0.3 is 11.7 Å². The second-order valence-corrected chi connectivity index (χ2v) is 6.57. The van der Waals surface area contributed by atoms with Crippen molar-refractivity contribution >= 4 is 60.8 Å². The van der Waals surface area contributed by atoms with E-state index < -0.39 is 46.0 Å². The first-order valence-corrected chi connectivity index (χ1v) is 8.41. The van der Waals surface area contributed by atoms with Gasteiger partial charge in [-0.15, -0.1) is 0 Å². The van der Waals surface area contributed by atoms with Crippen LogP contribution in [0, 0.1) is 10.1 Å². The number of nitro benzene ring substituents is 1. The van der Waals surface area contributed by atoms with Gasteiger partial charge in [0, 0.05) is 21.1 Å². The lowest BCUT2D eigenvalue weighted by atomic mass is 10.3. The van der Waals surface area contributed by atoms with Crippen LogP contribution in [0.3, 0.4) is 0 Å². The molecule has 14 heteroatoms. The summed E-state index contributed by atoms with van der Waals surface area (Å²) in [6.07, 6.45) is 0. The molecule has 12 nitrogen and oxygen atoms in total. The predicted molar refractivity (Wildman–Crippen MR) is 99.5 cm³/mol. The Balaban J connectivity index is 2.09. The van der Waals surface area contributed by atoms with Gasteiger partial charge in [0.1, 0.15) is 5.69 Å². The van der Waals surface area contributed by atoms with Crippen molar-refractivity contribution in [3.63, 3.8) is 0 Å². The highest BCUT2D eigenvalue weighted by Crippen LogP contribution is 2.35. The van der Waals surface area contributed by atoms with Gasteiger partial charge in [-0.05, 0) is 31.9 Å². The topological polar surface area (TPSA) is 190 Å². The SMILES string of the molecule is Nc1c(C(=O)OCC(=O)Nc2c(Br)cc([N+](=O)[O-])cc2Br)[nH]c(=O)[nH]c1=O. The lowest BCUT2D eigenvalue weighted by molar-refractivity contribution is -0.385. The van der Waals surface area contributed by atoms with Crippen molar-refractivity contribution < 1.29 is 19.2 Å². The predicted octanol–water partition coefficient (Wildman–Crippen LogP) is 0.874. The Morgan fingerprint density at radius 2 is 1.81 bits per heavy atom. The van der Waals surface area contributed by atoms with Crippen LogP contribution in [0.5, 0.6) is 0 Å². The number of carbonyl (C=O) groups excluding carboxylic acids is 2. The molecule has 0 aliphatic heterocycles. The molecule has 1 aromatic carbocycles. The molecule has 0 aliphatic carbocycles. The maximum atomic E-state index is 12.0. The molecule has 0 atom stereocenters. The summed E-state index contributed by atoms with van der Waals surface area (Å²) < 4.78 is 5.13. The van der Waals surface area contributed by atoms with Crippen molar-refractivity contribution in [1.29, 1.82) is 0 Å². The fourth-order valence-corrected chi connectivity index (χ4v) is 3.18. The molecule has 0 aliphatic rings. The number of benzene rings is 1. The number of rotatable bonds is 5. The van der Waals surface area contributed by atoms with E-state index in [1.165, 1.54) is 12.1 Å². The summed E-state index contributed by atoms with van der Waals surface area (Å²) in [5, 5.41) is 13.2. The third-order valence-electron chi connectivity index (χ3n) is 3.02. The quantitative estimate of drug-likeness (QED) is 0.261. The van der Waals surface area contributed by atoms with Crippen molar-refractivity contribution in [3.05, 3.63) is 57.7 Å². The summed E-state index contributed by atoms with van der Waals surface area (Å²) in [6.45, 7) is -0.775. The van der Waals surface area contributed by atoms with E-state index in [1.807, 2.05) is 9.97 Å². The number of non-ortho nitro benzene ring substituents is 1. The first kappa shape index (κ1) is 20.3. The molecule has 2 rings (SSSR count). The monoisotopic (exact) mass is 505 g/mol. The molecule has 1 heterocycles. The number of esters is 1. The van der Waals surface area contributed by atoms with Crippen LogP contribution in [-0.4, -0.2) is 33.4 Å². The van der Waals surface area contributed by atoms with Gasteiger partial charge in [0.15, 0.2) is 12.3 Å². The number of amides is 1. The molecule has 0 radical (unpaired) electrons. The van der Waals surface area contributed by atoms with E-state index in [9.17, 15) is 29.3 Å². The van der Waals surface area contributed by atoms with E-state index in [0.717, 1.165) is 0 Å². The maximum absolute atomic E-state index is 12.0. The van der Waals surface area contributed by atoms with E-state index in [1.54, 1.807) is 0 Å². The normalized spacial score (nSPS) is 10.3. The fourth-order valence-electron chi connectivity index (χ4n) is 1.82. The minimum atomic E-state index is -1.19. The second kappa shape index (κ2) is 8.13. The summed E-state index contributed by atoms with van der Waals surface area (Å²) in [4.78, 5) is 60.4. The number of ether oxygens (including phenoxy) is 1. The summed E-state index contributed by atoms with van der Waals surface area (Å²) in [5.41, 5.74) is 2.23. The highest BCUT2D eigenvalue weighted by Gasteiger charge is 2.19. The summed E-state index contributed by atoms with van der Waals surface area (Å²) >= 11 is 6.17. The van der Waals surface area contributed by atoms with Crippen LogP contribution in [-0.2, 0) is 9.53 Å². The Morgan fingerprint density at radius 3 is 2.37 bits per heavy atom. The molecule has 0 spiro atoms. The number of anilines is 2. The minimum absolute atomic E-state index is 0.172. The van der Waals surface area contributed by atoms with Crippen LogP contribution in [0.25, 0.3) is 0 Å². The number of nitrogen functional groups attached to an aromatic ring is 1. The zero-order valence-corrected chi connectivity index (χ0v) is 16.2. The molecule has 1 aromatic heterocycles. The van der Waals surface area contributed by atoms with E-state index in [0.29, 0.717) is 0 Å². The standard InChI is InChI=1S/C13H9Br2N5O7/c14-5-1-4(20(25)26)2-6(15)9(5)17-7(21)3-27-12(23)10-8(16)11(22)19-13(24)18-10/h1-2H,3,16H2,(H,17,21)(H2,18,19,22,24). The van der Waals surface area contributed by atoms with Gasteiger partial charge < -0.3 is 15.8 Å².